The third kappa shape index (κ3) is 4.55. The van der Waals surface area contributed by atoms with E-state index in [4.69, 9.17) is 32.7 Å². The van der Waals surface area contributed by atoms with Gasteiger partial charge in [0.05, 0.1) is 16.3 Å². The average molecular weight is 519 g/mol. The van der Waals surface area contributed by atoms with E-state index in [1.807, 2.05) is 18.4 Å². The third-order valence-electron chi connectivity index (χ3n) is 5.07. The monoisotopic (exact) mass is 518 g/mol. The van der Waals surface area contributed by atoms with Gasteiger partial charge in [0.15, 0.2) is 11.4 Å². The summed E-state index contributed by atoms with van der Waals surface area (Å²) in [6, 6.07) is 10.2. The second-order valence-electron chi connectivity index (χ2n) is 7.19. The zero-order chi connectivity index (χ0) is 24.4. The van der Waals surface area contributed by atoms with Gasteiger partial charge < -0.3 is 9.47 Å². The van der Waals surface area contributed by atoms with E-state index in [1.165, 1.54) is 22.7 Å². The minimum Gasteiger partial charge on any atom is -0.447 e. The van der Waals surface area contributed by atoms with Crippen LogP contribution in [0.4, 0.5) is 5.69 Å². The summed E-state index contributed by atoms with van der Waals surface area (Å²) in [5.41, 5.74) is 1.84. The van der Waals surface area contributed by atoms with Gasteiger partial charge in [0.1, 0.15) is 0 Å². The lowest BCUT2D eigenvalue weighted by Gasteiger charge is -2.31. The van der Waals surface area contributed by atoms with E-state index in [1.54, 1.807) is 32.0 Å². The van der Waals surface area contributed by atoms with E-state index in [9.17, 15) is 9.59 Å². The van der Waals surface area contributed by atoms with Crippen LogP contribution in [0.5, 0.6) is 11.6 Å². The molecule has 2 aromatic carbocycles. The second kappa shape index (κ2) is 10.2. The lowest BCUT2D eigenvalue weighted by Crippen LogP contribution is -2.37. The number of aromatic nitrogens is 3. The molecule has 0 unspecified atom stereocenters. The number of anilines is 1. The fourth-order valence-electron chi connectivity index (χ4n) is 3.50. The van der Waals surface area contributed by atoms with Crippen molar-refractivity contribution < 1.29 is 19.1 Å². The molecule has 34 heavy (non-hydrogen) atoms. The first-order valence-corrected chi connectivity index (χ1v) is 12.4. The van der Waals surface area contributed by atoms with Crippen molar-refractivity contribution in [1.29, 1.82) is 0 Å². The molecule has 8 nitrogen and oxygen atoms in total. The number of ether oxygens (including phenoxy) is 2. The highest BCUT2D eigenvalue weighted by Crippen LogP contribution is 2.47. The van der Waals surface area contributed by atoms with Gasteiger partial charge in [-0.05, 0) is 24.5 Å². The zero-order valence-electron chi connectivity index (χ0n) is 18.5. The number of thioether (sulfide) groups is 1. The van der Waals surface area contributed by atoms with E-state index < -0.39 is 12.2 Å². The maximum atomic E-state index is 13.3. The lowest BCUT2D eigenvalue weighted by atomic mass is 10.1. The van der Waals surface area contributed by atoms with E-state index in [0.717, 1.165) is 0 Å². The quantitative estimate of drug-likeness (QED) is 0.240. The van der Waals surface area contributed by atoms with Gasteiger partial charge in [0, 0.05) is 23.4 Å². The van der Waals surface area contributed by atoms with Crippen molar-refractivity contribution in [3.8, 4) is 22.9 Å². The molecule has 4 rings (SSSR count). The topological polar surface area (TPSA) is 94.5 Å². The van der Waals surface area contributed by atoms with Crippen molar-refractivity contribution in [1.82, 2.24) is 15.2 Å². The van der Waals surface area contributed by atoms with Crippen molar-refractivity contribution in [2.24, 2.45) is 0 Å². The third-order valence-corrected chi connectivity index (χ3v) is 6.11. The largest absolute Gasteiger partial charge is 0.447 e. The molecule has 3 aromatic rings. The summed E-state index contributed by atoms with van der Waals surface area (Å²) in [4.78, 5) is 31.5. The molecule has 2 heterocycles. The molecule has 1 aliphatic heterocycles. The van der Waals surface area contributed by atoms with E-state index in [2.05, 4.69) is 15.2 Å². The van der Waals surface area contributed by atoms with Gasteiger partial charge in [0.2, 0.25) is 23.2 Å². The Morgan fingerprint density at radius 3 is 2.62 bits per heavy atom. The number of carbonyl (C=O) groups is 2. The minimum absolute atomic E-state index is 0.0601. The molecule has 0 N–H and O–H groups in total. The van der Waals surface area contributed by atoms with Crippen LogP contribution in [0.1, 0.15) is 38.5 Å². The van der Waals surface area contributed by atoms with Gasteiger partial charge in [-0.1, -0.05) is 67.0 Å². The molecule has 0 saturated carbocycles. The summed E-state index contributed by atoms with van der Waals surface area (Å²) in [6.07, 6.45) is 1.02. The molecular formula is C23H20Cl2N4O4S. The van der Waals surface area contributed by atoms with Crippen LogP contribution in [0.2, 0.25) is 10.0 Å². The number of amides is 1. The number of esters is 1. The number of hydrogen-bond acceptors (Lipinski definition) is 8. The fourth-order valence-corrected chi connectivity index (χ4v) is 4.34. The molecule has 176 valence electrons. The van der Waals surface area contributed by atoms with Gasteiger partial charge in [-0.25, -0.2) is 0 Å². The molecule has 0 aliphatic carbocycles. The summed E-state index contributed by atoms with van der Waals surface area (Å²) >= 11 is 14.1. The summed E-state index contributed by atoms with van der Waals surface area (Å²) in [7, 11) is 0. The number of carbonyl (C=O) groups excluding carboxylic acids is 2. The van der Waals surface area contributed by atoms with Gasteiger partial charge in [-0.2, -0.15) is 4.98 Å². The highest BCUT2D eigenvalue weighted by atomic mass is 35.5. The Hall–Kier alpha value is -2.88. The van der Waals surface area contributed by atoms with Crippen LogP contribution in [-0.2, 0) is 9.59 Å². The van der Waals surface area contributed by atoms with Crippen molar-refractivity contribution in [2.45, 2.75) is 38.1 Å². The summed E-state index contributed by atoms with van der Waals surface area (Å²) < 4.78 is 11.9. The Kier molecular flexibility index (Phi) is 7.25. The van der Waals surface area contributed by atoms with E-state index >= 15 is 0 Å². The van der Waals surface area contributed by atoms with Gasteiger partial charge >= 0.3 is 5.97 Å². The first-order chi connectivity index (χ1) is 16.4. The van der Waals surface area contributed by atoms with Crippen molar-refractivity contribution in [2.75, 3.05) is 11.2 Å². The first-order valence-electron chi connectivity index (χ1n) is 10.4. The number of hydrogen-bond donors (Lipinski definition) is 0. The maximum Gasteiger partial charge on any atom is 0.310 e. The highest BCUT2D eigenvalue weighted by Gasteiger charge is 2.37. The molecule has 0 fully saturated rings. The van der Waals surface area contributed by atoms with Crippen LogP contribution in [0.3, 0.4) is 0 Å². The van der Waals surface area contributed by atoms with E-state index in [0.29, 0.717) is 27.7 Å². The van der Waals surface area contributed by atoms with Crippen LogP contribution in [-0.4, -0.2) is 33.3 Å². The minimum atomic E-state index is -1.10. The second-order valence-corrected chi connectivity index (χ2v) is 8.81. The highest BCUT2D eigenvalue weighted by molar-refractivity contribution is 7.98. The van der Waals surface area contributed by atoms with Gasteiger partial charge in [-0.3, -0.25) is 14.5 Å². The smallest absolute Gasteiger partial charge is 0.310 e. The Bertz CT molecular complexity index is 1270. The Morgan fingerprint density at radius 2 is 1.91 bits per heavy atom. The molecule has 1 aliphatic rings. The first kappa shape index (κ1) is 24.3. The van der Waals surface area contributed by atoms with Crippen LogP contribution in [0, 0.1) is 0 Å². The number of fused-ring (bicyclic) bond motifs is 3. The van der Waals surface area contributed by atoms with Crippen molar-refractivity contribution >= 4 is 52.5 Å². The maximum absolute atomic E-state index is 13.3. The molecule has 0 spiro atoms. The SMILES string of the molecule is CCC(=O)Oc1c(Cl)cc(Cl)cc1[C@@H]1Oc2nc(SC)nnc2-c2ccccc2N1C(=O)CC. The molecule has 1 amide bonds. The van der Waals surface area contributed by atoms with Crippen LogP contribution in [0.15, 0.2) is 41.6 Å². The number of halogens is 2. The number of nitrogens with zero attached hydrogens (tertiary/aromatic N) is 4. The number of para-hydroxylation sites is 1. The summed E-state index contributed by atoms with van der Waals surface area (Å²) in [6.45, 7) is 3.41. The molecular weight excluding hydrogens is 499 g/mol. The van der Waals surface area contributed by atoms with Crippen molar-refractivity contribution in [3.05, 3.63) is 52.0 Å². The number of rotatable bonds is 5. The van der Waals surface area contributed by atoms with Crippen LogP contribution >= 0.6 is 35.0 Å². The van der Waals surface area contributed by atoms with Crippen LogP contribution < -0.4 is 14.4 Å². The summed E-state index contributed by atoms with van der Waals surface area (Å²) in [5.74, 6) is -0.508. The Balaban J connectivity index is 2.02. The van der Waals surface area contributed by atoms with E-state index in [-0.39, 0.29) is 40.4 Å². The molecule has 1 aromatic heterocycles. The molecule has 0 bridgehead atoms. The Labute approximate surface area is 210 Å². The van der Waals surface area contributed by atoms with Crippen molar-refractivity contribution in [3.63, 3.8) is 0 Å². The molecule has 1 atom stereocenters. The standard InChI is InChI=1S/C23H20Cl2N4O4S/c1-4-17(30)29-16-9-7-6-8-13(16)19-21(26-23(34-3)28-27-19)33-22(29)14-10-12(24)11-15(25)20(14)32-18(31)5-2/h6-11,22H,4-5H2,1-3H3/t22-/m0/s1. The normalized spacial score (nSPS) is 14.5. The molecule has 0 radical (unpaired) electrons. The molecule has 0 saturated heterocycles. The van der Waals surface area contributed by atoms with Crippen LogP contribution in [0.25, 0.3) is 11.3 Å². The fraction of sp³-hybridized carbons (Fsp3) is 0.261. The molecule has 11 heteroatoms. The van der Waals surface area contributed by atoms with Gasteiger partial charge in [-0.15, -0.1) is 10.2 Å². The Morgan fingerprint density at radius 1 is 1.15 bits per heavy atom. The summed E-state index contributed by atoms with van der Waals surface area (Å²) in [5, 5.41) is 9.26. The van der Waals surface area contributed by atoms with Gasteiger partial charge in [0.25, 0.3) is 0 Å². The average Bonchev–Trinajstić information content (AvgIpc) is 2.99. The lowest BCUT2D eigenvalue weighted by molar-refractivity contribution is -0.134. The zero-order valence-corrected chi connectivity index (χ0v) is 20.9. The predicted octanol–water partition coefficient (Wildman–Crippen LogP) is 5.72. The number of benzene rings is 2. The predicted molar refractivity (Wildman–Crippen MR) is 131 cm³/mol.